The minimum absolute atomic E-state index is 0. The number of benzene rings is 2. The Morgan fingerprint density at radius 2 is 1.88 bits per heavy atom. The zero-order valence-electron chi connectivity index (χ0n) is 17.9. The fourth-order valence-electron chi connectivity index (χ4n) is 3.83. The maximum absolute atomic E-state index is 12.5. The number of ether oxygens (including phenoxy) is 2. The second-order valence-electron chi connectivity index (χ2n) is 7.51. The van der Waals surface area contributed by atoms with Gasteiger partial charge in [0.2, 0.25) is 0 Å². The number of amides is 1. The number of carbonyl (C=O) groups is 2. The molecule has 2 heterocycles. The summed E-state index contributed by atoms with van der Waals surface area (Å²) in [4.78, 5) is 26.5. The third-order valence-electron chi connectivity index (χ3n) is 5.43. The molecule has 4 rings (SSSR count). The van der Waals surface area contributed by atoms with Crippen LogP contribution in [0.3, 0.4) is 0 Å². The lowest BCUT2D eigenvalue weighted by molar-refractivity contribution is 0.0588. The van der Waals surface area contributed by atoms with Gasteiger partial charge in [-0.05, 0) is 18.1 Å². The van der Waals surface area contributed by atoms with Crippen LogP contribution in [0.5, 0.6) is 0 Å². The first kappa shape index (κ1) is 23.6. The Bertz CT molecular complexity index is 1060. The molecule has 1 amide bonds. The molecule has 1 aliphatic rings. The Balaban J connectivity index is 0.00000289. The number of halogens is 1. The van der Waals surface area contributed by atoms with Crippen LogP contribution in [0.2, 0.25) is 0 Å². The van der Waals surface area contributed by atoms with Gasteiger partial charge in [0.05, 0.1) is 12.6 Å². The van der Waals surface area contributed by atoms with Crippen molar-refractivity contribution in [3.05, 3.63) is 65.9 Å². The minimum atomic E-state index is -0.406. The molecule has 0 unspecified atom stereocenters. The molecule has 170 valence electrons. The van der Waals surface area contributed by atoms with Crippen LogP contribution in [0.15, 0.2) is 54.6 Å². The van der Waals surface area contributed by atoms with E-state index in [1.54, 1.807) is 9.58 Å². The number of fused-ring (bicyclic) bond motifs is 1. The Morgan fingerprint density at radius 3 is 2.66 bits per heavy atom. The van der Waals surface area contributed by atoms with E-state index in [2.05, 4.69) is 10.4 Å². The Kier molecular flexibility index (Phi) is 8.08. The molecule has 1 N–H and O–H groups in total. The molecule has 8 nitrogen and oxygen atoms in total. The molecule has 1 atom stereocenters. The number of hydrogen-bond donors (Lipinski definition) is 1. The summed E-state index contributed by atoms with van der Waals surface area (Å²) in [5, 5.41) is 8.78. The number of carbonyl (C=O) groups excluding carboxylic acids is 2. The van der Waals surface area contributed by atoms with Gasteiger partial charge in [0.15, 0.2) is 5.69 Å². The van der Waals surface area contributed by atoms with Crippen LogP contribution in [0.4, 0.5) is 4.79 Å². The van der Waals surface area contributed by atoms with Crippen molar-refractivity contribution in [2.45, 2.75) is 25.6 Å². The highest BCUT2D eigenvalue weighted by Crippen LogP contribution is 2.20. The molecule has 1 aromatic heterocycles. The number of rotatable bonds is 6. The fourth-order valence-corrected chi connectivity index (χ4v) is 3.83. The van der Waals surface area contributed by atoms with Crippen molar-refractivity contribution in [2.75, 3.05) is 26.7 Å². The molecule has 0 radical (unpaired) electrons. The van der Waals surface area contributed by atoms with Crippen LogP contribution in [-0.2, 0) is 22.6 Å². The van der Waals surface area contributed by atoms with Gasteiger partial charge in [0, 0.05) is 37.6 Å². The topological polar surface area (TPSA) is 85.7 Å². The van der Waals surface area contributed by atoms with Crippen LogP contribution >= 0.6 is 12.4 Å². The summed E-state index contributed by atoms with van der Waals surface area (Å²) in [6.45, 7) is 2.63. The molecular formula is C23H27ClN4O4. The van der Waals surface area contributed by atoms with E-state index in [-0.39, 0.29) is 31.1 Å². The minimum Gasteiger partial charge on any atom is -0.464 e. The zero-order chi connectivity index (χ0) is 21.6. The van der Waals surface area contributed by atoms with Crippen LogP contribution in [-0.4, -0.2) is 59.5 Å². The van der Waals surface area contributed by atoms with Crippen molar-refractivity contribution in [1.29, 1.82) is 0 Å². The van der Waals surface area contributed by atoms with E-state index in [1.165, 1.54) is 7.11 Å². The van der Waals surface area contributed by atoms with Crippen molar-refractivity contribution in [3.63, 3.8) is 0 Å². The average Bonchev–Trinajstić information content (AvgIpc) is 3.20. The van der Waals surface area contributed by atoms with Gasteiger partial charge in [-0.1, -0.05) is 48.5 Å². The van der Waals surface area contributed by atoms with Gasteiger partial charge < -0.3 is 19.7 Å². The number of nitrogens with one attached hydrogen (secondary N) is 1. The van der Waals surface area contributed by atoms with E-state index in [0.29, 0.717) is 38.3 Å². The second-order valence-corrected chi connectivity index (χ2v) is 7.51. The van der Waals surface area contributed by atoms with Crippen LogP contribution < -0.4 is 5.32 Å². The van der Waals surface area contributed by atoms with Gasteiger partial charge >= 0.3 is 12.1 Å². The summed E-state index contributed by atoms with van der Waals surface area (Å²) in [5.41, 5.74) is 2.17. The lowest BCUT2D eigenvalue weighted by Crippen LogP contribution is -2.53. The first-order chi connectivity index (χ1) is 15.2. The summed E-state index contributed by atoms with van der Waals surface area (Å²) in [7, 11) is 1.37. The van der Waals surface area contributed by atoms with Crippen LogP contribution in [0.1, 0.15) is 22.5 Å². The van der Waals surface area contributed by atoms with Gasteiger partial charge in [-0.2, -0.15) is 5.10 Å². The monoisotopic (exact) mass is 458 g/mol. The smallest absolute Gasteiger partial charge is 0.410 e. The zero-order valence-corrected chi connectivity index (χ0v) is 18.7. The summed E-state index contributed by atoms with van der Waals surface area (Å²) < 4.78 is 12.1. The fraction of sp³-hybridized carbons (Fsp3) is 0.348. The van der Waals surface area contributed by atoms with Crippen molar-refractivity contribution >= 4 is 35.4 Å². The van der Waals surface area contributed by atoms with Crippen LogP contribution in [0.25, 0.3) is 10.9 Å². The molecule has 2 aromatic carbocycles. The molecule has 1 fully saturated rings. The Hall–Kier alpha value is -3.10. The molecule has 0 spiro atoms. The molecule has 3 aromatic rings. The summed E-state index contributed by atoms with van der Waals surface area (Å²) in [6.07, 6.45) is 0.399. The van der Waals surface area contributed by atoms with E-state index >= 15 is 0 Å². The molecular weight excluding hydrogens is 432 g/mol. The lowest BCUT2D eigenvalue weighted by atomic mass is 10.1. The van der Waals surface area contributed by atoms with Crippen molar-refractivity contribution in [1.82, 2.24) is 20.0 Å². The number of piperazine rings is 1. The average molecular weight is 459 g/mol. The molecule has 9 heteroatoms. The molecule has 1 aliphatic heterocycles. The van der Waals surface area contributed by atoms with Crippen molar-refractivity contribution in [2.24, 2.45) is 0 Å². The third-order valence-corrected chi connectivity index (χ3v) is 5.43. The maximum atomic E-state index is 12.5. The largest absolute Gasteiger partial charge is 0.464 e. The molecule has 0 aliphatic carbocycles. The lowest BCUT2D eigenvalue weighted by Gasteiger charge is -2.33. The van der Waals surface area contributed by atoms with Crippen LogP contribution in [0, 0.1) is 0 Å². The van der Waals surface area contributed by atoms with E-state index < -0.39 is 5.97 Å². The molecule has 0 saturated carbocycles. The summed E-state index contributed by atoms with van der Waals surface area (Å²) in [6, 6.07) is 17.2. The number of nitrogens with zero attached hydrogens (tertiary/aromatic N) is 3. The van der Waals surface area contributed by atoms with Gasteiger partial charge in [-0.3, -0.25) is 4.68 Å². The Labute approximate surface area is 192 Å². The van der Waals surface area contributed by atoms with E-state index in [9.17, 15) is 9.59 Å². The third kappa shape index (κ3) is 5.38. The van der Waals surface area contributed by atoms with E-state index in [4.69, 9.17) is 9.47 Å². The van der Waals surface area contributed by atoms with E-state index in [0.717, 1.165) is 16.5 Å². The summed E-state index contributed by atoms with van der Waals surface area (Å²) in [5.74, 6) is -0.406. The number of aromatic nitrogens is 2. The van der Waals surface area contributed by atoms with Gasteiger partial charge in [-0.25, -0.2) is 9.59 Å². The van der Waals surface area contributed by atoms with Gasteiger partial charge in [0.25, 0.3) is 0 Å². The number of methoxy groups -OCH3 is 1. The normalized spacial score (nSPS) is 15.8. The predicted molar refractivity (Wildman–Crippen MR) is 123 cm³/mol. The highest BCUT2D eigenvalue weighted by molar-refractivity contribution is 6.02. The highest BCUT2D eigenvalue weighted by atomic mass is 35.5. The first-order valence-electron chi connectivity index (χ1n) is 10.4. The number of esters is 1. The SMILES string of the molecule is COC(=O)c1c2ccccc2nn1CC[C@@H]1CN(C(=O)OCc2ccccc2)CCN1.Cl. The molecule has 0 bridgehead atoms. The molecule has 32 heavy (non-hydrogen) atoms. The highest BCUT2D eigenvalue weighted by Gasteiger charge is 2.25. The van der Waals surface area contributed by atoms with Crippen molar-refractivity contribution in [3.8, 4) is 0 Å². The number of aryl methyl sites for hydroxylation is 1. The number of hydrogen-bond acceptors (Lipinski definition) is 6. The maximum Gasteiger partial charge on any atom is 0.410 e. The van der Waals surface area contributed by atoms with Crippen molar-refractivity contribution < 1.29 is 19.1 Å². The predicted octanol–water partition coefficient (Wildman–Crippen LogP) is 3.25. The van der Waals surface area contributed by atoms with Gasteiger partial charge in [-0.15, -0.1) is 12.4 Å². The van der Waals surface area contributed by atoms with E-state index in [1.807, 2.05) is 54.6 Å². The second kappa shape index (κ2) is 11.0. The summed E-state index contributed by atoms with van der Waals surface area (Å²) >= 11 is 0. The van der Waals surface area contributed by atoms with Gasteiger partial charge in [0.1, 0.15) is 6.61 Å². The standard InChI is InChI=1S/C23H26N4O4.ClH/c1-30-22(28)21-19-9-5-6-10-20(19)25-27(21)13-11-18-15-26(14-12-24-18)23(29)31-16-17-7-3-2-4-8-17;/h2-10,18,24H,11-16H2,1H3;1H/t18-;/m1./s1. The molecule has 1 saturated heterocycles. The first-order valence-corrected chi connectivity index (χ1v) is 10.4. The quantitative estimate of drug-likeness (QED) is 0.571. The Morgan fingerprint density at radius 1 is 1.12 bits per heavy atom.